The molecule has 0 aromatic carbocycles. The van der Waals surface area contributed by atoms with E-state index < -0.39 is 0 Å². The van der Waals surface area contributed by atoms with Gasteiger partial charge in [0, 0.05) is 18.9 Å². The number of Topliss-reactive ketones (excluding diaryl/α,β-unsaturated/α-hetero) is 1. The van der Waals surface area contributed by atoms with Crippen molar-refractivity contribution in [1.82, 2.24) is 0 Å². The van der Waals surface area contributed by atoms with Crippen LogP contribution in [0.15, 0.2) is 11.1 Å². The first-order valence-corrected chi connectivity index (χ1v) is 14.1. The largest absolute Gasteiger partial charge is 0.381 e. The zero-order chi connectivity index (χ0) is 24.0. The molecule has 2 heteroatoms. The maximum Gasteiger partial charge on any atom is 0.138 e. The van der Waals surface area contributed by atoms with Crippen molar-refractivity contribution in [3.63, 3.8) is 0 Å². The molecule has 5 aliphatic carbocycles. The van der Waals surface area contributed by atoms with Crippen molar-refractivity contribution < 1.29 is 9.53 Å². The summed E-state index contributed by atoms with van der Waals surface area (Å²) in [5.74, 6) is 2.59. The van der Waals surface area contributed by atoms with E-state index in [9.17, 15) is 4.79 Å². The van der Waals surface area contributed by atoms with E-state index in [1.54, 1.807) is 5.57 Å². The van der Waals surface area contributed by atoms with E-state index in [0.29, 0.717) is 28.6 Å². The first kappa shape index (κ1) is 24.1. The maximum absolute atomic E-state index is 12.9. The van der Waals surface area contributed by atoms with Crippen LogP contribution in [0, 0.1) is 44.8 Å². The van der Waals surface area contributed by atoms with E-state index in [2.05, 4.69) is 48.5 Å². The van der Waals surface area contributed by atoms with E-state index >= 15 is 0 Å². The molecular weight excluding hydrogens is 404 g/mol. The second-order valence-electron chi connectivity index (χ2n) is 14.8. The minimum atomic E-state index is -0.159. The number of rotatable bonds is 1. The molecule has 0 unspecified atom stereocenters. The molecule has 2 nitrogen and oxygen atoms in total. The number of fused-ring (bicyclic) bond motifs is 5. The average molecular weight is 455 g/mol. The summed E-state index contributed by atoms with van der Waals surface area (Å²) >= 11 is 0. The number of ether oxygens (including phenoxy) is 1. The van der Waals surface area contributed by atoms with Gasteiger partial charge in [0.05, 0.1) is 6.10 Å². The molecule has 7 atom stereocenters. The number of hydrogen-bond acceptors (Lipinski definition) is 2. The van der Waals surface area contributed by atoms with Crippen molar-refractivity contribution in [2.75, 3.05) is 7.11 Å². The predicted molar refractivity (Wildman–Crippen MR) is 136 cm³/mol. The summed E-state index contributed by atoms with van der Waals surface area (Å²) in [6.45, 7) is 17.4. The van der Waals surface area contributed by atoms with Crippen LogP contribution in [0.4, 0.5) is 0 Å². The van der Waals surface area contributed by atoms with Crippen molar-refractivity contribution in [2.24, 2.45) is 44.8 Å². The van der Waals surface area contributed by atoms with Gasteiger partial charge in [-0.2, -0.15) is 0 Å². The molecular formula is C31H50O2. The summed E-state index contributed by atoms with van der Waals surface area (Å²) in [5, 5.41) is 0. The lowest BCUT2D eigenvalue weighted by molar-refractivity contribution is -0.178. The molecule has 33 heavy (non-hydrogen) atoms. The van der Waals surface area contributed by atoms with Crippen LogP contribution in [0.2, 0.25) is 0 Å². The highest BCUT2D eigenvalue weighted by molar-refractivity contribution is 5.85. The molecule has 0 aliphatic heterocycles. The maximum atomic E-state index is 12.9. The fraction of sp³-hybridized carbons (Fsp3) is 0.903. The van der Waals surface area contributed by atoms with Crippen LogP contribution < -0.4 is 0 Å². The van der Waals surface area contributed by atoms with Crippen LogP contribution in [-0.2, 0) is 9.53 Å². The zero-order valence-electron chi connectivity index (χ0n) is 22.9. The van der Waals surface area contributed by atoms with E-state index in [1.165, 1.54) is 57.8 Å². The summed E-state index contributed by atoms with van der Waals surface area (Å²) in [4.78, 5) is 12.9. The molecule has 5 aliphatic rings. The Kier molecular flexibility index (Phi) is 5.43. The molecule has 5 rings (SSSR count). The van der Waals surface area contributed by atoms with Gasteiger partial charge < -0.3 is 4.74 Å². The normalized spacial score (nSPS) is 48.8. The molecule has 0 aromatic heterocycles. The van der Waals surface area contributed by atoms with Gasteiger partial charge in [-0.25, -0.2) is 0 Å². The highest BCUT2D eigenvalue weighted by atomic mass is 16.5. The number of hydrogen-bond donors (Lipinski definition) is 0. The topological polar surface area (TPSA) is 26.3 Å². The predicted octanol–water partition coefficient (Wildman–Crippen LogP) is 8.15. The SMILES string of the molecule is CO[C@H]1CC[C@@]2(C)[C@@H](CC[C@@]3(C)CC4=C(CC[C@@H]32)[C@@]2(C)CCC(=O)C(C)(C)[C@@H]2CC4)C1(C)C. The van der Waals surface area contributed by atoms with E-state index in [-0.39, 0.29) is 16.2 Å². The fourth-order valence-corrected chi connectivity index (χ4v) is 11.1. The summed E-state index contributed by atoms with van der Waals surface area (Å²) < 4.78 is 6.03. The molecule has 0 spiro atoms. The smallest absolute Gasteiger partial charge is 0.138 e. The Balaban J connectivity index is 1.50. The van der Waals surface area contributed by atoms with Gasteiger partial charge in [0.25, 0.3) is 0 Å². The number of carbonyl (C=O) groups is 1. The molecule has 0 bridgehead atoms. The van der Waals surface area contributed by atoms with Crippen LogP contribution in [0.1, 0.15) is 119 Å². The van der Waals surface area contributed by atoms with Crippen molar-refractivity contribution >= 4 is 5.78 Å². The Morgan fingerprint density at radius 1 is 0.758 bits per heavy atom. The van der Waals surface area contributed by atoms with Gasteiger partial charge in [-0.05, 0) is 104 Å². The number of allylic oxidation sites excluding steroid dienone is 2. The Hall–Kier alpha value is -0.630. The van der Waals surface area contributed by atoms with Crippen LogP contribution in [-0.4, -0.2) is 19.0 Å². The Morgan fingerprint density at radius 3 is 2.15 bits per heavy atom. The summed E-state index contributed by atoms with van der Waals surface area (Å²) in [6.07, 6.45) is 14.0. The highest BCUT2D eigenvalue weighted by Crippen LogP contribution is 2.69. The second-order valence-corrected chi connectivity index (χ2v) is 14.8. The lowest BCUT2D eigenvalue weighted by Gasteiger charge is -2.64. The van der Waals surface area contributed by atoms with Crippen molar-refractivity contribution in [3.05, 3.63) is 11.1 Å². The van der Waals surface area contributed by atoms with Crippen molar-refractivity contribution in [2.45, 2.75) is 125 Å². The van der Waals surface area contributed by atoms with Crippen LogP contribution in [0.5, 0.6) is 0 Å². The molecule has 0 N–H and O–H groups in total. The summed E-state index contributed by atoms with van der Waals surface area (Å²) in [5.41, 5.74) is 4.81. The minimum Gasteiger partial charge on any atom is -0.381 e. The number of methoxy groups -OCH3 is 1. The molecule has 0 heterocycles. The molecule has 186 valence electrons. The third-order valence-corrected chi connectivity index (χ3v) is 12.8. The Labute approximate surface area is 203 Å². The summed E-state index contributed by atoms with van der Waals surface area (Å²) in [6, 6.07) is 0. The third kappa shape index (κ3) is 3.17. The Morgan fingerprint density at radius 2 is 1.45 bits per heavy atom. The number of ketones is 1. The van der Waals surface area contributed by atoms with Crippen LogP contribution in [0.3, 0.4) is 0 Å². The molecule has 3 fully saturated rings. The molecule has 0 amide bonds. The zero-order valence-corrected chi connectivity index (χ0v) is 22.9. The lowest BCUT2D eigenvalue weighted by Crippen LogP contribution is -2.58. The molecule has 0 radical (unpaired) electrons. The quantitative estimate of drug-likeness (QED) is 0.374. The second kappa shape index (κ2) is 7.44. The molecule has 0 aromatic rings. The van der Waals surface area contributed by atoms with Crippen molar-refractivity contribution in [3.8, 4) is 0 Å². The first-order valence-electron chi connectivity index (χ1n) is 14.1. The standard InChI is InChI=1S/C31H50O2/c1-27(2)22-11-9-20-19-29(5)16-13-23-28(3,4)26(33-8)15-18-31(23,7)24(29)12-10-21(20)30(22,6)17-14-25(27)32/h22-24,26H,9-19H2,1-8H3/t22-,23-,24-,26-,29-,30+,31-/m0/s1. The minimum absolute atomic E-state index is 0.159. The van der Waals surface area contributed by atoms with E-state index in [0.717, 1.165) is 24.7 Å². The first-order chi connectivity index (χ1) is 15.3. The van der Waals surface area contributed by atoms with Crippen LogP contribution >= 0.6 is 0 Å². The fourth-order valence-electron chi connectivity index (χ4n) is 11.1. The third-order valence-electron chi connectivity index (χ3n) is 12.8. The van der Waals surface area contributed by atoms with Crippen molar-refractivity contribution in [1.29, 1.82) is 0 Å². The van der Waals surface area contributed by atoms with Gasteiger partial charge in [-0.15, -0.1) is 0 Å². The van der Waals surface area contributed by atoms with Crippen LogP contribution in [0.25, 0.3) is 0 Å². The van der Waals surface area contributed by atoms with Gasteiger partial charge >= 0.3 is 0 Å². The van der Waals surface area contributed by atoms with Gasteiger partial charge in [-0.3, -0.25) is 4.79 Å². The highest BCUT2D eigenvalue weighted by Gasteiger charge is 2.62. The van der Waals surface area contributed by atoms with Gasteiger partial charge in [0.2, 0.25) is 0 Å². The van der Waals surface area contributed by atoms with E-state index in [1.807, 2.05) is 12.7 Å². The monoisotopic (exact) mass is 454 g/mol. The summed E-state index contributed by atoms with van der Waals surface area (Å²) in [7, 11) is 1.93. The molecule has 0 saturated heterocycles. The van der Waals surface area contributed by atoms with E-state index in [4.69, 9.17) is 4.74 Å². The molecule has 3 saturated carbocycles. The van der Waals surface area contributed by atoms with Gasteiger partial charge in [0.1, 0.15) is 5.78 Å². The van der Waals surface area contributed by atoms with Gasteiger partial charge in [-0.1, -0.05) is 59.6 Å². The lowest BCUT2D eigenvalue weighted by atomic mass is 9.42. The Bertz CT molecular complexity index is 864. The number of carbonyl (C=O) groups excluding carboxylic acids is 1. The average Bonchev–Trinajstić information content (AvgIpc) is 2.88. The van der Waals surface area contributed by atoms with Gasteiger partial charge in [0.15, 0.2) is 0 Å².